The van der Waals surface area contributed by atoms with Gasteiger partial charge in [0.25, 0.3) is 5.91 Å². The lowest BCUT2D eigenvalue weighted by Gasteiger charge is -2.26. The first-order chi connectivity index (χ1) is 15.5. The Labute approximate surface area is 184 Å². The molecule has 0 N–H and O–H groups in total. The second-order valence-electron chi connectivity index (χ2n) is 7.78. The zero-order valence-corrected chi connectivity index (χ0v) is 17.6. The van der Waals surface area contributed by atoms with Crippen LogP contribution in [0, 0.1) is 0 Å². The molecule has 1 fully saturated rings. The maximum absolute atomic E-state index is 12.9. The van der Waals surface area contributed by atoms with Crippen molar-refractivity contribution in [3.63, 3.8) is 0 Å². The number of ether oxygens (including phenoxy) is 1. The van der Waals surface area contributed by atoms with Gasteiger partial charge < -0.3 is 9.64 Å². The van der Waals surface area contributed by atoms with Gasteiger partial charge in [-0.2, -0.15) is 0 Å². The molecule has 2 amide bonds. The summed E-state index contributed by atoms with van der Waals surface area (Å²) in [5.41, 5.74) is 3.24. The molecule has 2 aliphatic heterocycles. The third kappa shape index (κ3) is 3.46. The Hall–Kier alpha value is -3.84. The number of nitrogens with zero attached hydrogens (tertiary/aromatic N) is 3. The Morgan fingerprint density at radius 3 is 2.59 bits per heavy atom. The molecular weight excluding hydrogens is 406 g/mol. The second-order valence-corrected chi connectivity index (χ2v) is 7.78. The second kappa shape index (κ2) is 8.01. The average Bonchev–Trinajstić information content (AvgIpc) is 3.10. The summed E-state index contributed by atoms with van der Waals surface area (Å²) in [5.74, 6) is -0.460. The smallest absolute Gasteiger partial charge is 0.254 e. The number of aromatic nitrogens is 1. The number of rotatable bonds is 2. The number of hydrogen-bond acceptors (Lipinski definition) is 5. The number of fused-ring (bicyclic) bond motifs is 2. The molecule has 0 atom stereocenters. The molecule has 5 rings (SSSR count). The van der Waals surface area contributed by atoms with E-state index in [4.69, 9.17) is 4.74 Å². The van der Waals surface area contributed by atoms with Crippen LogP contribution in [-0.2, 0) is 9.53 Å². The first-order valence-corrected chi connectivity index (χ1v) is 10.5. The van der Waals surface area contributed by atoms with Gasteiger partial charge >= 0.3 is 0 Å². The van der Waals surface area contributed by atoms with Crippen molar-refractivity contribution in [2.24, 2.45) is 0 Å². The van der Waals surface area contributed by atoms with E-state index in [1.165, 1.54) is 11.8 Å². The van der Waals surface area contributed by atoms with Crippen molar-refractivity contribution in [2.75, 3.05) is 31.2 Å². The third-order valence-corrected chi connectivity index (χ3v) is 5.72. The van der Waals surface area contributed by atoms with E-state index in [9.17, 15) is 14.4 Å². The molecule has 3 aromatic rings. The maximum Gasteiger partial charge on any atom is 0.254 e. The first kappa shape index (κ1) is 20.1. The van der Waals surface area contributed by atoms with Crippen LogP contribution in [0.5, 0.6) is 0 Å². The lowest BCUT2D eigenvalue weighted by atomic mass is 10.1. The van der Waals surface area contributed by atoms with Crippen molar-refractivity contribution in [2.45, 2.75) is 6.92 Å². The van der Waals surface area contributed by atoms with E-state index < -0.39 is 0 Å². The number of Topliss-reactive ketones (excluding diaryl/α,β-unsaturated/α-hetero) is 1. The van der Waals surface area contributed by atoms with Crippen LogP contribution < -0.4 is 4.90 Å². The van der Waals surface area contributed by atoms with Gasteiger partial charge in [-0.25, -0.2) is 4.98 Å². The summed E-state index contributed by atoms with van der Waals surface area (Å²) in [6, 6.07) is 16.1. The fourth-order valence-electron chi connectivity index (χ4n) is 4.14. The molecule has 7 nitrogen and oxygen atoms in total. The maximum atomic E-state index is 12.9. The Morgan fingerprint density at radius 1 is 1.03 bits per heavy atom. The number of pyridine rings is 1. The number of morpholine rings is 1. The molecule has 2 aromatic carbocycles. The molecule has 32 heavy (non-hydrogen) atoms. The number of amides is 2. The Bertz CT molecular complexity index is 1290. The first-order valence-electron chi connectivity index (χ1n) is 10.5. The summed E-state index contributed by atoms with van der Waals surface area (Å²) in [6.45, 7) is 3.72. The zero-order valence-electron chi connectivity index (χ0n) is 17.6. The highest BCUT2D eigenvalue weighted by Gasteiger charge is 2.34. The van der Waals surface area contributed by atoms with Crippen molar-refractivity contribution < 1.29 is 19.1 Å². The highest BCUT2D eigenvalue weighted by Crippen LogP contribution is 2.35. The number of benzene rings is 2. The van der Waals surface area contributed by atoms with Gasteiger partial charge in [0.1, 0.15) is 0 Å². The molecule has 2 aliphatic rings. The van der Waals surface area contributed by atoms with Crippen LogP contribution >= 0.6 is 0 Å². The van der Waals surface area contributed by atoms with Crippen molar-refractivity contribution in [3.05, 3.63) is 77.1 Å². The highest BCUT2D eigenvalue weighted by atomic mass is 16.5. The number of carbonyl (C=O) groups excluding carboxylic acids is 3. The van der Waals surface area contributed by atoms with E-state index in [0.29, 0.717) is 54.3 Å². The van der Waals surface area contributed by atoms with Crippen LogP contribution in [0.4, 0.5) is 5.69 Å². The van der Waals surface area contributed by atoms with Gasteiger partial charge in [-0.1, -0.05) is 18.2 Å². The van der Waals surface area contributed by atoms with Gasteiger partial charge in [0.2, 0.25) is 11.7 Å². The summed E-state index contributed by atoms with van der Waals surface area (Å²) in [4.78, 5) is 45.8. The zero-order chi connectivity index (χ0) is 22.2. The van der Waals surface area contributed by atoms with Gasteiger partial charge in [-0.05, 0) is 42.5 Å². The predicted molar refractivity (Wildman–Crippen MR) is 120 cm³/mol. The monoisotopic (exact) mass is 427 g/mol. The van der Waals surface area contributed by atoms with Gasteiger partial charge in [-0.15, -0.1) is 0 Å². The predicted octanol–water partition coefficient (Wildman–Crippen LogP) is 3.30. The topological polar surface area (TPSA) is 79.8 Å². The number of anilines is 1. The van der Waals surface area contributed by atoms with Gasteiger partial charge in [0, 0.05) is 36.5 Å². The number of allylic oxidation sites excluding steroid dienone is 1. The minimum absolute atomic E-state index is 0.0205. The van der Waals surface area contributed by atoms with Crippen molar-refractivity contribution in [1.29, 1.82) is 0 Å². The lowest BCUT2D eigenvalue weighted by Crippen LogP contribution is -2.40. The summed E-state index contributed by atoms with van der Waals surface area (Å²) < 4.78 is 5.32. The SMILES string of the molecule is CC(=O)N1/C(=C/c2ccc3cc(C(=O)N4CCOCC4)ccc3n2)C(=O)c2ccccc21. The summed E-state index contributed by atoms with van der Waals surface area (Å²) in [7, 11) is 0. The molecule has 0 radical (unpaired) electrons. The molecule has 0 saturated carbocycles. The molecule has 1 saturated heterocycles. The van der Waals surface area contributed by atoms with Crippen LogP contribution in [0.2, 0.25) is 0 Å². The molecule has 0 unspecified atom stereocenters. The van der Waals surface area contributed by atoms with Crippen LogP contribution in [0.15, 0.2) is 60.3 Å². The van der Waals surface area contributed by atoms with E-state index in [2.05, 4.69) is 4.98 Å². The van der Waals surface area contributed by atoms with E-state index >= 15 is 0 Å². The van der Waals surface area contributed by atoms with Crippen molar-refractivity contribution in [3.8, 4) is 0 Å². The highest BCUT2D eigenvalue weighted by molar-refractivity contribution is 6.26. The Kier molecular flexibility index (Phi) is 5.03. The van der Waals surface area contributed by atoms with E-state index in [1.54, 1.807) is 53.4 Å². The molecule has 1 aromatic heterocycles. The molecule has 0 bridgehead atoms. The van der Waals surface area contributed by atoms with E-state index in [0.717, 1.165) is 5.39 Å². The quantitative estimate of drug-likeness (QED) is 0.587. The van der Waals surface area contributed by atoms with Gasteiger partial charge in [0.05, 0.1) is 35.8 Å². The minimum Gasteiger partial charge on any atom is -0.378 e. The molecule has 3 heterocycles. The summed E-state index contributed by atoms with van der Waals surface area (Å²) in [6.07, 6.45) is 1.63. The van der Waals surface area contributed by atoms with Gasteiger partial charge in [0.15, 0.2) is 0 Å². The molecule has 160 valence electrons. The number of para-hydroxylation sites is 1. The van der Waals surface area contributed by atoms with Crippen LogP contribution in [0.25, 0.3) is 17.0 Å². The van der Waals surface area contributed by atoms with Gasteiger partial charge in [-0.3, -0.25) is 19.3 Å². The molecule has 0 aliphatic carbocycles. The molecular formula is C25H21N3O4. The summed E-state index contributed by atoms with van der Waals surface area (Å²) >= 11 is 0. The largest absolute Gasteiger partial charge is 0.378 e. The van der Waals surface area contributed by atoms with Crippen LogP contribution in [0.1, 0.15) is 33.3 Å². The van der Waals surface area contributed by atoms with Crippen molar-refractivity contribution >= 4 is 40.3 Å². The minimum atomic E-state index is -0.235. The normalized spacial score (nSPS) is 17.2. The number of ketones is 1. The Balaban J connectivity index is 1.48. The molecule has 7 heteroatoms. The fourth-order valence-corrected chi connectivity index (χ4v) is 4.14. The average molecular weight is 427 g/mol. The number of carbonyl (C=O) groups is 3. The third-order valence-electron chi connectivity index (χ3n) is 5.72. The molecule has 0 spiro atoms. The summed E-state index contributed by atoms with van der Waals surface area (Å²) in [5, 5.41) is 0.829. The van der Waals surface area contributed by atoms with E-state index in [1.807, 2.05) is 12.1 Å². The standard InChI is InChI=1S/C25H21N3O4/c1-16(29)28-22-5-3-2-4-20(22)24(30)23(28)15-19-8-6-17-14-18(7-9-21(17)26-19)25(31)27-10-12-32-13-11-27/h2-9,14-15H,10-13H2,1H3/b23-15+. The van der Waals surface area contributed by atoms with Crippen LogP contribution in [-0.4, -0.2) is 53.8 Å². The fraction of sp³-hybridized carbons (Fsp3) is 0.200. The number of hydrogen-bond donors (Lipinski definition) is 0. The van der Waals surface area contributed by atoms with E-state index in [-0.39, 0.29) is 23.3 Å². The van der Waals surface area contributed by atoms with Crippen molar-refractivity contribution in [1.82, 2.24) is 9.88 Å². The lowest BCUT2D eigenvalue weighted by molar-refractivity contribution is -0.116. The van der Waals surface area contributed by atoms with Crippen LogP contribution in [0.3, 0.4) is 0 Å². The Morgan fingerprint density at radius 2 is 1.81 bits per heavy atom.